The van der Waals surface area contributed by atoms with Crippen LogP contribution in [0, 0.1) is 0 Å². The van der Waals surface area contributed by atoms with Crippen LogP contribution in [0.4, 0.5) is 0 Å². The average molecular weight is 576 g/mol. The van der Waals surface area contributed by atoms with E-state index in [1.165, 1.54) is 44.0 Å². The van der Waals surface area contributed by atoms with Gasteiger partial charge in [0.25, 0.3) is 0 Å². The van der Waals surface area contributed by atoms with Crippen molar-refractivity contribution in [1.82, 2.24) is 14.1 Å². The second kappa shape index (κ2) is 9.18. The highest BCUT2D eigenvalue weighted by atomic mass is 16.3. The van der Waals surface area contributed by atoms with Gasteiger partial charge in [0.15, 0.2) is 0 Å². The Balaban J connectivity index is 1.13. The molecule has 4 heterocycles. The first-order valence-electron chi connectivity index (χ1n) is 15.2. The van der Waals surface area contributed by atoms with Crippen molar-refractivity contribution < 1.29 is 4.42 Å². The van der Waals surface area contributed by atoms with Crippen LogP contribution in [-0.2, 0) is 0 Å². The first-order chi connectivity index (χ1) is 22.3. The minimum Gasteiger partial charge on any atom is -0.456 e. The molecule has 0 fully saturated rings. The summed E-state index contributed by atoms with van der Waals surface area (Å²) in [6, 6.07) is 51.7. The zero-order chi connectivity index (χ0) is 29.5. The lowest BCUT2D eigenvalue weighted by Gasteiger charge is -2.08. The van der Waals surface area contributed by atoms with Crippen LogP contribution in [0.25, 0.3) is 88.2 Å². The average Bonchev–Trinajstić information content (AvgIpc) is 3.75. The first-order valence-corrected chi connectivity index (χ1v) is 15.2. The molecule has 210 valence electrons. The molecule has 4 heteroatoms. The van der Waals surface area contributed by atoms with Gasteiger partial charge in [-0.3, -0.25) is 4.57 Å². The van der Waals surface area contributed by atoms with Gasteiger partial charge in [-0.15, -0.1) is 0 Å². The van der Waals surface area contributed by atoms with Crippen molar-refractivity contribution in [3.63, 3.8) is 0 Å². The molecule has 0 bridgehead atoms. The number of pyridine rings is 1. The van der Waals surface area contributed by atoms with Crippen molar-refractivity contribution in [3.05, 3.63) is 152 Å². The van der Waals surface area contributed by atoms with Gasteiger partial charge in [-0.2, -0.15) is 0 Å². The smallest absolute Gasteiger partial charge is 0.145 e. The molecule has 0 saturated carbocycles. The van der Waals surface area contributed by atoms with Gasteiger partial charge in [-0.1, -0.05) is 66.7 Å². The fraction of sp³-hybridized carbons (Fsp3) is 0. The third-order valence-electron chi connectivity index (χ3n) is 9.17. The van der Waals surface area contributed by atoms with Crippen molar-refractivity contribution >= 4 is 65.7 Å². The van der Waals surface area contributed by atoms with E-state index >= 15 is 0 Å². The van der Waals surface area contributed by atoms with Gasteiger partial charge in [0.05, 0.1) is 22.2 Å². The summed E-state index contributed by atoms with van der Waals surface area (Å²) in [6.45, 7) is 0. The number of rotatable bonds is 3. The van der Waals surface area contributed by atoms with E-state index in [-0.39, 0.29) is 0 Å². The van der Waals surface area contributed by atoms with Gasteiger partial charge < -0.3 is 8.98 Å². The molecular weight excluding hydrogens is 550 g/mol. The highest BCUT2D eigenvalue weighted by Crippen LogP contribution is 2.38. The fourth-order valence-corrected chi connectivity index (χ4v) is 7.15. The van der Waals surface area contributed by atoms with Crippen molar-refractivity contribution in [2.75, 3.05) is 0 Å². The molecule has 0 aliphatic heterocycles. The lowest BCUT2D eigenvalue weighted by molar-refractivity contribution is 0.668. The summed E-state index contributed by atoms with van der Waals surface area (Å²) in [4.78, 5) is 4.75. The normalized spacial score (nSPS) is 12.0. The molecule has 4 nitrogen and oxygen atoms in total. The van der Waals surface area contributed by atoms with Gasteiger partial charge in [-0.05, 0) is 83.9 Å². The summed E-state index contributed by atoms with van der Waals surface area (Å²) in [5, 5.41) is 7.05. The van der Waals surface area contributed by atoms with Gasteiger partial charge in [0.1, 0.15) is 16.8 Å². The quantitative estimate of drug-likeness (QED) is 0.210. The lowest BCUT2D eigenvalue weighted by Crippen LogP contribution is -1.94. The summed E-state index contributed by atoms with van der Waals surface area (Å²) in [7, 11) is 0. The maximum absolute atomic E-state index is 6.45. The number of hydrogen-bond donors (Lipinski definition) is 0. The van der Waals surface area contributed by atoms with E-state index in [1.807, 2.05) is 12.3 Å². The first kappa shape index (κ1) is 24.3. The standard InChI is InChI=1S/C41H25N3O/c1-2-9-28(10-3-1)43-36-14-6-5-12-31(36)34-23-26(16-20-38(34)43)27-17-21-39-35(24-27)32-19-18-29(25-40(32)45-39)44-37-15-7-4-11-30(37)33-13-8-22-42-41(33)44/h1-25H. The summed E-state index contributed by atoms with van der Waals surface area (Å²) in [6.07, 6.45) is 1.86. The molecule has 0 aliphatic rings. The molecule has 4 aromatic heterocycles. The Morgan fingerprint density at radius 2 is 1.07 bits per heavy atom. The zero-order valence-electron chi connectivity index (χ0n) is 24.2. The molecule has 0 radical (unpaired) electrons. The fourth-order valence-electron chi connectivity index (χ4n) is 7.15. The number of benzene rings is 6. The largest absolute Gasteiger partial charge is 0.456 e. The maximum Gasteiger partial charge on any atom is 0.145 e. The maximum atomic E-state index is 6.45. The van der Waals surface area contributed by atoms with E-state index in [2.05, 4.69) is 149 Å². The van der Waals surface area contributed by atoms with E-state index in [0.717, 1.165) is 44.2 Å². The van der Waals surface area contributed by atoms with E-state index in [0.29, 0.717) is 0 Å². The second-order valence-corrected chi connectivity index (χ2v) is 11.6. The predicted molar refractivity (Wildman–Crippen MR) is 186 cm³/mol. The van der Waals surface area contributed by atoms with Crippen molar-refractivity contribution in [2.24, 2.45) is 0 Å². The van der Waals surface area contributed by atoms with Crippen LogP contribution in [0.15, 0.2) is 156 Å². The Morgan fingerprint density at radius 1 is 0.400 bits per heavy atom. The lowest BCUT2D eigenvalue weighted by atomic mass is 10.0. The number of furan rings is 1. The van der Waals surface area contributed by atoms with Crippen LogP contribution in [0.3, 0.4) is 0 Å². The van der Waals surface area contributed by atoms with E-state index in [4.69, 9.17) is 9.40 Å². The van der Waals surface area contributed by atoms with Crippen LogP contribution < -0.4 is 0 Å². The minimum absolute atomic E-state index is 0.864. The molecule has 0 N–H and O–H groups in total. The molecule has 0 unspecified atom stereocenters. The molecule has 0 aliphatic carbocycles. The number of para-hydroxylation sites is 3. The topological polar surface area (TPSA) is 35.9 Å². The zero-order valence-corrected chi connectivity index (χ0v) is 24.2. The SMILES string of the molecule is c1ccc(-n2c3ccccc3c3cc(-c4ccc5oc6cc(-n7c8ccccc8c8cccnc87)ccc6c5c4)ccc32)cc1. The number of aromatic nitrogens is 3. The predicted octanol–water partition coefficient (Wildman–Crippen LogP) is 10.8. The highest BCUT2D eigenvalue weighted by molar-refractivity contribution is 6.12. The number of fused-ring (bicyclic) bond motifs is 9. The molecular formula is C41H25N3O. The molecule has 6 aromatic carbocycles. The van der Waals surface area contributed by atoms with E-state index in [1.54, 1.807) is 0 Å². The molecule has 0 spiro atoms. The van der Waals surface area contributed by atoms with Crippen LogP contribution in [0.2, 0.25) is 0 Å². The highest BCUT2D eigenvalue weighted by Gasteiger charge is 2.16. The number of hydrogen-bond acceptors (Lipinski definition) is 2. The summed E-state index contributed by atoms with van der Waals surface area (Å²) in [5.74, 6) is 0. The van der Waals surface area contributed by atoms with Crippen molar-refractivity contribution in [1.29, 1.82) is 0 Å². The summed E-state index contributed by atoms with van der Waals surface area (Å²) < 4.78 is 11.0. The van der Waals surface area contributed by atoms with Crippen LogP contribution in [0.5, 0.6) is 0 Å². The van der Waals surface area contributed by atoms with Crippen LogP contribution in [-0.4, -0.2) is 14.1 Å². The van der Waals surface area contributed by atoms with Gasteiger partial charge in [0.2, 0.25) is 0 Å². The molecule has 0 atom stereocenters. The third-order valence-corrected chi connectivity index (χ3v) is 9.17. The van der Waals surface area contributed by atoms with E-state index in [9.17, 15) is 0 Å². The Labute approximate surface area is 258 Å². The Morgan fingerprint density at radius 3 is 1.91 bits per heavy atom. The molecule has 45 heavy (non-hydrogen) atoms. The Hall–Kier alpha value is -6.13. The molecule has 0 saturated heterocycles. The molecule has 0 amide bonds. The van der Waals surface area contributed by atoms with E-state index < -0.39 is 0 Å². The van der Waals surface area contributed by atoms with Crippen molar-refractivity contribution in [3.8, 4) is 22.5 Å². The third kappa shape index (κ3) is 3.51. The van der Waals surface area contributed by atoms with Gasteiger partial charge in [-0.25, -0.2) is 4.98 Å². The van der Waals surface area contributed by atoms with Gasteiger partial charge >= 0.3 is 0 Å². The molecule has 10 aromatic rings. The second-order valence-electron chi connectivity index (χ2n) is 11.6. The summed E-state index contributed by atoms with van der Waals surface area (Å²) >= 11 is 0. The monoisotopic (exact) mass is 575 g/mol. The number of nitrogens with zero attached hydrogens (tertiary/aromatic N) is 3. The molecule has 10 rings (SSSR count). The Kier molecular flexibility index (Phi) is 4.96. The van der Waals surface area contributed by atoms with Crippen LogP contribution >= 0.6 is 0 Å². The van der Waals surface area contributed by atoms with Crippen molar-refractivity contribution in [2.45, 2.75) is 0 Å². The Bertz CT molecular complexity index is 2710. The minimum atomic E-state index is 0.864. The van der Waals surface area contributed by atoms with Gasteiger partial charge in [0, 0.05) is 50.3 Å². The van der Waals surface area contributed by atoms with Crippen LogP contribution in [0.1, 0.15) is 0 Å². The summed E-state index contributed by atoms with van der Waals surface area (Å²) in [5.41, 5.74) is 10.8.